The molecule has 1 atom stereocenters. The van der Waals surface area contributed by atoms with Crippen LogP contribution in [0.2, 0.25) is 0 Å². The summed E-state index contributed by atoms with van der Waals surface area (Å²) in [4.78, 5) is 11.6. The fourth-order valence-corrected chi connectivity index (χ4v) is 2.16. The van der Waals surface area contributed by atoms with Crippen LogP contribution >= 0.6 is 0 Å². The molecule has 5 nitrogen and oxygen atoms in total. The van der Waals surface area contributed by atoms with Gasteiger partial charge in [0.2, 0.25) is 0 Å². The summed E-state index contributed by atoms with van der Waals surface area (Å²) in [5.41, 5.74) is 7.23. The van der Waals surface area contributed by atoms with Crippen LogP contribution in [0.1, 0.15) is 26.3 Å². The summed E-state index contributed by atoms with van der Waals surface area (Å²) in [5.74, 6) is 1.05. The quantitative estimate of drug-likeness (QED) is 0.814. The van der Waals surface area contributed by atoms with Gasteiger partial charge in [0, 0.05) is 23.7 Å². The smallest absolute Gasteiger partial charge is 0.407 e. The summed E-state index contributed by atoms with van der Waals surface area (Å²) < 4.78 is 10.9. The second kappa shape index (κ2) is 5.61. The van der Waals surface area contributed by atoms with E-state index in [0.29, 0.717) is 13.2 Å². The van der Waals surface area contributed by atoms with Crippen molar-refractivity contribution in [3.8, 4) is 5.75 Å². The van der Waals surface area contributed by atoms with Gasteiger partial charge in [-0.3, -0.25) is 0 Å². The Bertz CT molecular complexity index is 494. The van der Waals surface area contributed by atoms with Crippen molar-refractivity contribution in [3.63, 3.8) is 0 Å². The van der Waals surface area contributed by atoms with Gasteiger partial charge in [-0.15, -0.1) is 0 Å². The van der Waals surface area contributed by atoms with Crippen molar-refractivity contribution in [1.82, 2.24) is 5.32 Å². The molecular weight excluding hydrogens is 256 g/mol. The minimum absolute atomic E-state index is 0.208. The fourth-order valence-electron chi connectivity index (χ4n) is 2.16. The van der Waals surface area contributed by atoms with Gasteiger partial charge in [0.1, 0.15) is 11.4 Å². The second-order valence-corrected chi connectivity index (χ2v) is 6.09. The van der Waals surface area contributed by atoms with E-state index in [4.69, 9.17) is 15.2 Å². The number of rotatable bonds is 2. The van der Waals surface area contributed by atoms with E-state index in [0.717, 1.165) is 23.4 Å². The molecule has 0 aromatic heterocycles. The summed E-state index contributed by atoms with van der Waals surface area (Å²) in [7, 11) is 0. The standard InChI is InChI=1S/C15H22N2O3/c1-15(2,3)20-14(18)17-8-10-7-11-12(16)5-4-6-13(11)19-9-10/h4-6,10H,7-9,16H2,1-3H3,(H,17,18). The van der Waals surface area contributed by atoms with Crippen LogP contribution in [0.25, 0.3) is 0 Å². The van der Waals surface area contributed by atoms with Crippen molar-refractivity contribution in [2.45, 2.75) is 32.8 Å². The molecule has 1 aromatic rings. The molecule has 5 heteroatoms. The molecule has 3 N–H and O–H groups in total. The third-order valence-electron chi connectivity index (χ3n) is 3.07. The number of anilines is 1. The van der Waals surface area contributed by atoms with Gasteiger partial charge >= 0.3 is 6.09 Å². The molecule has 0 saturated carbocycles. The van der Waals surface area contributed by atoms with Gasteiger partial charge < -0.3 is 20.5 Å². The van der Waals surface area contributed by atoms with Crippen LogP contribution in [0.3, 0.4) is 0 Å². The number of fused-ring (bicyclic) bond motifs is 1. The van der Waals surface area contributed by atoms with Crippen LogP contribution in [0.4, 0.5) is 10.5 Å². The number of alkyl carbamates (subject to hydrolysis) is 1. The van der Waals surface area contributed by atoms with E-state index in [1.54, 1.807) is 0 Å². The third kappa shape index (κ3) is 3.79. The number of nitrogens with one attached hydrogen (secondary N) is 1. The van der Waals surface area contributed by atoms with Gasteiger partial charge in [-0.2, -0.15) is 0 Å². The first-order valence-electron chi connectivity index (χ1n) is 6.82. The third-order valence-corrected chi connectivity index (χ3v) is 3.07. The number of carbonyl (C=O) groups excluding carboxylic acids is 1. The topological polar surface area (TPSA) is 73.6 Å². The molecule has 1 amide bonds. The van der Waals surface area contributed by atoms with E-state index >= 15 is 0 Å². The van der Waals surface area contributed by atoms with E-state index in [1.165, 1.54) is 0 Å². The second-order valence-electron chi connectivity index (χ2n) is 6.09. The molecular formula is C15H22N2O3. The molecule has 1 heterocycles. The molecule has 0 saturated heterocycles. The van der Waals surface area contributed by atoms with Crippen LogP contribution in [-0.4, -0.2) is 24.8 Å². The van der Waals surface area contributed by atoms with Crippen molar-refractivity contribution in [3.05, 3.63) is 23.8 Å². The largest absolute Gasteiger partial charge is 0.493 e. The average molecular weight is 278 g/mol. The predicted octanol–water partition coefficient (Wildman–Crippen LogP) is 2.34. The molecule has 0 bridgehead atoms. The Hall–Kier alpha value is -1.91. The maximum atomic E-state index is 11.6. The summed E-state index contributed by atoms with van der Waals surface area (Å²) >= 11 is 0. The highest BCUT2D eigenvalue weighted by atomic mass is 16.6. The zero-order chi connectivity index (χ0) is 14.8. The molecule has 1 aliphatic heterocycles. The molecule has 0 aliphatic carbocycles. The lowest BCUT2D eigenvalue weighted by molar-refractivity contribution is 0.0512. The lowest BCUT2D eigenvalue weighted by Gasteiger charge is -2.27. The molecule has 0 fully saturated rings. The first kappa shape index (κ1) is 14.5. The zero-order valence-corrected chi connectivity index (χ0v) is 12.2. The number of carbonyl (C=O) groups is 1. The van der Waals surface area contributed by atoms with Crippen molar-refractivity contribution in [1.29, 1.82) is 0 Å². The van der Waals surface area contributed by atoms with Gasteiger partial charge in [-0.1, -0.05) is 6.07 Å². The number of nitrogen functional groups attached to an aromatic ring is 1. The maximum absolute atomic E-state index is 11.6. The van der Waals surface area contributed by atoms with Crippen molar-refractivity contribution in [2.24, 2.45) is 5.92 Å². The molecule has 0 radical (unpaired) electrons. The molecule has 20 heavy (non-hydrogen) atoms. The Morgan fingerprint density at radius 2 is 2.25 bits per heavy atom. The van der Waals surface area contributed by atoms with Crippen LogP contribution in [0.15, 0.2) is 18.2 Å². The normalized spacial score (nSPS) is 17.9. The van der Waals surface area contributed by atoms with Gasteiger partial charge in [0.15, 0.2) is 0 Å². The molecule has 1 aliphatic rings. The molecule has 110 valence electrons. The molecule has 1 unspecified atom stereocenters. The van der Waals surface area contributed by atoms with Gasteiger partial charge in [-0.25, -0.2) is 4.79 Å². The van der Waals surface area contributed by atoms with Crippen LogP contribution < -0.4 is 15.8 Å². The fraction of sp³-hybridized carbons (Fsp3) is 0.533. The minimum atomic E-state index is -0.482. The lowest BCUT2D eigenvalue weighted by Crippen LogP contribution is -2.38. The Morgan fingerprint density at radius 3 is 2.95 bits per heavy atom. The number of benzene rings is 1. The van der Waals surface area contributed by atoms with Crippen molar-refractivity contribution >= 4 is 11.8 Å². The van der Waals surface area contributed by atoms with Crippen molar-refractivity contribution < 1.29 is 14.3 Å². The Balaban J connectivity index is 1.88. The maximum Gasteiger partial charge on any atom is 0.407 e. The van der Waals surface area contributed by atoms with E-state index in [2.05, 4.69) is 5.32 Å². The van der Waals surface area contributed by atoms with E-state index < -0.39 is 11.7 Å². The highest BCUT2D eigenvalue weighted by molar-refractivity contribution is 5.67. The first-order chi connectivity index (χ1) is 9.35. The SMILES string of the molecule is CC(C)(C)OC(=O)NCC1COc2cccc(N)c2C1. The van der Waals surface area contributed by atoms with Crippen LogP contribution in [0, 0.1) is 5.92 Å². The summed E-state index contributed by atoms with van der Waals surface area (Å²) in [6.07, 6.45) is 0.405. The monoisotopic (exact) mass is 278 g/mol. The van der Waals surface area contributed by atoms with Gasteiger partial charge in [0.05, 0.1) is 6.61 Å². The summed E-state index contributed by atoms with van der Waals surface area (Å²) in [6, 6.07) is 5.67. The van der Waals surface area contributed by atoms with Gasteiger partial charge in [-0.05, 0) is 39.3 Å². The highest BCUT2D eigenvalue weighted by Gasteiger charge is 2.23. The number of ether oxygens (including phenoxy) is 2. The van der Waals surface area contributed by atoms with Gasteiger partial charge in [0.25, 0.3) is 0 Å². The molecule has 0 spiro atoms. The Kier molecular flexibility index (Phi) is 4.06. The van der Waals surface area contributed by atoms with E-state index in [-0.39, 0.29) is 5.92 Å². The molecule has 2 rings (SSSR count). The number of hydrogen-bond acceptors (Lipinski definition) is 4. The number of nitrogens with two attached hydrogens (primary N) is 1. The number of amides is 1. The van der Waals surface area contributed by atoms with Crippen LogP contribution in [-0.2, 0) is 11.2 Å². The Morgan fingerprint density at radius 1 is 1.50 bits per heavy atom. The van der Waals surface area contributed by atoms with E-state index in [1.807, 2.05) is 39.0 Å². The first-order valence-corrected chi connectivity index (χ1v) is 6.82. The zero-order valence-electron chi connectivity index (χ0n) is 12.2. The molecule has 1 aromatic carbocycles. The summed E-state index contributed by atoms with van der Waals surface area (Å²) in [5, 5.41) is 2.78. The van der Waals surface area contributed by atoms with Crippen molar-refractivity contribution in [2.75, 3.05) is 18.9 Å². The summed E-state index contributed by atoms with van der Waals surface area (Å²) in [6.45, 7) is 6.61. The van der Waals surface area contributed by atoms with E-state index in [9.17, 15) is 4.79 Å². The Labute approximate surface area is 119 Å². The lowest BCUT2D eigenvalue weighted by atomic mass is 9.95. The average Bonchev–Trinajstić information content (AvgIpc) is 2.35. The highest BCUT2D eigenvalue weighted by Crippen LogP contribution is 2.31. The van der Waals surface area contributed by atoms with Crippen LogP contribution in [0.5, 0.6) is 5.75 Å². The minimum Gasteiger partial charge on any atom is -0.493 e. The predicted molar refractivity (Wildman–Crippen MR) is 77.8 cm³/mol. The number of hydrogen-bond donors (Lipinski definition) is 2.